The summed E-state index contributed by atoms with van der Waals surface area (Å²) in [5, 5.41) is 17.6. The molecular formula is C17H16N4O2S. The first kappa shape index (κ1) is 15.9. The maximum Gasteiger partial charge on any atom is 0.230 e. The first-order valence-corrected chi connectivity index (χ1v) is 8.19. The third-order valence-electron chi connectivity index (χ3n) is 3.34. The molecule has 0 aliphatic rings. The average Bonchev–Trinajstić information content (AvgIpc) is 3.03. The molecule has 122 valence electrons. The molecule has 0 unspecified atom stereocenters. The number of amides is 1. The minimum atomic E-state index is -0.174. The second kappa shape index (κ2) is 7.10. The molecule has 0 radical (unpaired) electrons. The number of carbonyl (C=O) groups is 1. The number of pyridine rings is 1. The molecule has 1 amide bonds. The predicted octanol–water partition coefficient (Wildman–Crippen LogP) is 3.13. The largest absolute Gasteiger partial charge is 0.508 e. The Kier molecular flexibility index (Phi) is 4.72. The van der Waals surface area contributed by atoms with Gasteiger partial charge in [0, 0.05) is 24.2 Å². The highest BCUT2D eigenvalue weighted by molar-refractivity contribution is 7.14. The number of benzene rings is 1. The van der Waals surface area contributed by atoms with Crippen LogP contribution in [0.25, 0.3) is 11.3 Å². The van der Waals surface area contributed by atoms with Gasteiger partial charge in [-0.05, 0) is 29.8 Å². The van der Waals surface area contributed by atoms with Gasteiger partial charge in [0.2, 0.25) is 5.91 Å². The van der Waals surface area contributed by atoms with Crippen molar-refractivity contribution in [3.05, 3.63) is 53.5 Å². The second-order valence-corrected chi connectivity index (χ2v) is 5.97. The van der Waals surface area contributed by atoms with E-state index in [1.807, 2.05) is 17.5 Å². The minimum Gasteiger partial charge on any atom is -0.508 e. The Morgan fingerprint density at radius 3 is 2.96 bits per heavy atom. The Bertz CT molecular complexity index is 863. The summed E-state index contributed by atoms with van der Waals surface area (Å²) in [6, 6.07) is 10.4. The standard InChI is InChI=1S/C17H16N4O2S/c1-18-15-9-12(5-6-19-15)14-10-24-17(20-14)21-16(23)8-11-3-2-4-13(22)7-11/h2-7,9-10,22H,8H2,1H3,(H,18,19)(H,20,21,23). The first-order valence-electron chi connectivity index (χ1n) is 7.31. The van der Waals surface area contributed by atoms with Gasteiger partial charge in [0.05, 0.1) is 12.1 Å². The number of carbonyl (C=O) groups excluding carboxylic acids is 1. The lowest BCUT2D eigenvalue weighted by molar-refractivity contribution is -0.115. The number of hydrogen-bond acceptors (Lipinski definition) is 6. The van der Waals surface area contributed by atoms with Gasteiger partial charge in [0.1, 0.15) is 11.6 Å². The van der Waals surface area contributed by atoms with E-state index in [4.69, 9.17) is 0 Å². The number of aromatic nitrogens is 2. The van der Waals surface area contributed by atoms with Crippen LogP contribution in [-0.4, -0.2) is 28.0 Å². The number of phenolic OH excluding ortho intramolecular Hbond substituents is 1. The molecule has 2 aromatic heterocycles. The van der Waals surface area contributed by atoms with Gasteiger partial charge in [-0.15, -0.1) is 11.3 Å². The summed E-state index contributed by atoms with van der Waals surface area (Å²) in [7, 11) is 1.81. The Morgan fingerprint density at radius 1 is 1.29 bits per heavy atom. The third kappa shape index (κ3) is 3.88. The van der Waals surface area contributed by atoms with Crippen LogP contribution < -0.4 is 10.6 Å². The fraction of sp³-hybridized carbons (Fsp3) is 0.118. The molecule has 6 nitrogen and oxygen atoms in total. The number of nitrogens with zero attached hydrogens (tertiary/aromatic N) is 2. The number of rotatable bonds is 5. The van der Waals surface area contributed by atoms with E-state index in [1.54, 1.807) is 37.5 Å². The number of anilines is 2. The molecule has 3 aromatic rings. The average molecular weight is 340 g/mol. The molecule has 0 bridgehead atoms. The molecule has 0 spiro atoms. The summed E-state index contributed by atoms with van der Waals surface area (Å²) in [6.45, 7) is 0. The van der Waals surface area contributed by atoms with Crippen LogP contribution in [0, 0.1) is 0 Å². The van der Waals surface area contributed by atoms with Crippen molar-refractivity contribution in [2.75, 3.05) is 17.7 Å². The molecule has 3 rings (SSSR count). The van der Waals surface area contributed by atoms with Crippen LogP contribution in [0.5, 0.6) is 5.75 Å². The van der Waals surface area contributed by atoms with Gasteiger partial charge in [-0.3, -0.25) is 4.79 Å². The third-order valence-corrected chi connectivity index (χ3v) is 4.10. The van der Waals surface area contributed by atoms with Crippen molar-refractivity contribution in [2.24, 2.45) is 0 Å². The predicted molar refractivity (Wildman–Crippen MR) is 95.3 cm³/mol. The zero-order valence-corrected chi connectivity index (χ0v) is 13.8. The van der Waals surface area contributed by atoms with E-state index in [0.717, 1.165) is 22.6 Å². The van der Waals surface area contributed by atoms with Crippen molar-refractivity contribution < 1.29 is 9.90 Å². The van der Waals surface area contributed by atoms with Crippen molar-refractivity contribution in [2.45, 2.75) is 6.42 Å². The fourth-order valence-corrected chi connectivity index (χ4v) is 2.94. The molecule has 1 aromatic carbocycles. The number of nitrogens with one attached hydrogen (secondary N) is 2. The van der Waals surface area contributed by atoms with E-state index in [9.17, 15) is 9.90 Å². The lowest BCUT2D eigenvalue weighted by Crippen LogP contribution is -2.14. The lowest BCUT2D eigenvalue weighted by atomic mass is 10.1. The van der Waals surface area contributed by atoms with Gasteiger partial charge < -0.3 is 15.7 Å². The van der Waals surface area contributed by atoms with E-state index in [0.29, 0.717) is 5.13 Å². The molecule has 0 atom stereocenters. The van der Waals surface area contributed by atoms with E-state index < -0.39 is 0 Å². The van der Waals surface area contributed by atoms with E-state index in [1.165, 1.54) is 11.3 Å². The SMILES string of the molecule is CNc1cc(-c2csc(NC(=O)Cc3cccc(O)c3)n2)ccn1. The van der Waals surface area contributed by atoms with Crippen LogP contribution in [0.3, 0.4) is 0 Å². The van der Waals surface area contributed by atoms with E-state index in [2.05, 4.69) is 20.6 Å². The van der Waals surface area contributed by atoms with Gasteiger partial charge >= 0.3 is 0 Å². The number of phenols is 1. The van der Waals surface area contributed by atoms with E-state index >= 15 is 0 Å². The summed E-state index contributed by atoms with van der Waals surface area (Å²) in [4.78, 5) is 20.7. The van der Waals surface area contributed by atoms with Gasteiger partial charge in [-0.1, -0.05) is 12.1 Å². The Balaban J connectivity index is 1.68. The molecule has 3 N–H and O–H groups in total. The van der Waals surface area contributed by atoms with Gasteiger partial charge in [0.25, 0.3) is 0 Å². The Morgan fingerprint density at radius 2 is 2.17 bits per heavy atom. The van der Waals surface area contributed by atoms with Crippen LogP contribution in [0.1, 0.15) is 5.56 Å². The van der Waals surface area contributed by atoms with Gasteiger partial charge in [-0.2, -0.15) is 0 Å². The lowest BCUT2D eigenvalue weighted by Gasteiger charge is -2.03. The highest BCUT2D eigenvalue weighted by Gasteiger charge is 2.09. The first-order chi connectivity index (χ1) is 11.6. The molecule has 0 aliphatic carbocycles. The maximum atomic E-state index is 12.1. The van der Waals surface area contributed by atoms with Crippen LogP contribution in [0.15, 0.2) is 48.0 Å². The zero-order chi connectivity index (χ0) is 16.9. The quantitative estimate of drug-likeness (QED) is 0.664. The van der Waals surface area contributed by atoms with Crippen LogP contribution in [0.2, 0.25) is 0 Å². The summed E-state index contributed by atoms with van der Waals surface area (Å²) < 4.78 is 0. The fourth-order valence-electron chi connectivity index (χ4n) is 2.21. The van der Waals surface area contributed by atoms with Crippen LogP contribution >= 0.6 is 11.3 Å². The number of aromatic hydroxyl groups is 1. The normalized spacial score (nSPS) is 10.4. The molecule has 7 heteroatoms. The molecule has 0 saturated carbocycles. The number of hydrogen-bond donors (Lipinski definition) is 3. The molecule has 24 heavy (non-hydrogen) atoms. The van der Waals surface area contributed by atoms with Crippen molar-refractivity contribution in [3.63, 3.8) is 0 Å². The van der Waals surface area contributed by atoms with Gasteiger partial charge in [-0.25, -0.2) is 9.97 Å². The highest BCUT2D eigenvalue weighted by Crippen LogP contribution is 2.26. The van der Waals surface area contributed by atoms with Crippen LogP contribution in [0.4, 0.5) is 10.9 Å². The van der Waals surface area contributed by atoms with Crippen molar-refractivity contribution >= 4 is 28.2 Å². The Hall–Kier alpha value is -2.93. The smallest absolute Gasteiger partial charge is 0.230 e. The molecule has 0 saturated heterocycles. The molecule has 0 aliphatic heterocycles. The summed E-state index contributed by atoms with van der Waals surface area (Å²) in [5.41, 5.74) is 2.46. The van der Waals surface area contributed by atoms with Crippen LogP contribution in [-0.2, 0) is 11.2 Å². The summed E-state index contributed by atoms with van der Waals surface area (Å²) in [6.07, 6.45) is 1.89. The minimum absolute atomic E-state index is 0.148. The summed E-state index contributed by atoms with van der Waals surface area (Å²) in [5.74, 6) is 0.733. The van der Waals surface area contributed by atoms with Gasteiger partial charge in [0.15, 0.2) is 5.13 Å². The maximum absolute atomic E-state index is 12.1. The zero-order valence-electron chi connectivity index (χ0n) is 13.0. The second-order valence-electron chi connectivity index (χ2n) is 5.11. The topological polar surface area (TPSA) is 87.1 Å². The number of thiazole rings is 1. The Labute approximate surface area is 143 Å². The van der Waals surface area contributed by atoms with Crippen molar-refractivity contribution in [1.82, 2.24) is 9.97 Å². The summed E-state index contributed by atoms with van der Waals surface area (Å²) >= 11 is 1.37. The van der Waals surface area contributed by atoms with E-state index in [-0.39, 0.29) is 18.1 Å². The van der Waals surface area contributed by atoms with Crippen molar-refractivity contribution in [1.29, 1.82) is 0 Å². The molecule has 2 heterocycles. The monoisotopic (exact) mass is 340 g/mol. The molecular weight excluding hydrogens is 324 g/mol. The highest BCUT2D eigenvalue weighted by atomic mass is 32.1. The molecule has 0 fully saturated rings. The van der Waals surface area contributed by atoms with Crippen molar-refractivity contribution in [3.8, 4) is 17.0 Å².